The summed E-state index contributed by atoms with van der Waals surface area (Å²) in [5.74, 6) is -0.988. The van der Waals surface area contributed by atoms with E-state index < -0.39 is 62.6 Å². The topological polar surface area (TPSA) is 189 Å². The first-order valence-electron chi connectivity index (χ1n) is 21.1. The number of urea groups is 1. The number of halogens is 1. The number of fused-ring (bicyclic) bond motifs is 3. The van der Waals surface area contributed by atoms with Gasteiger partial charge in [0.2, 0.25) is 21.8 Å². The lowest BCUT2D eigenvalue weighted by atomic mass is 10.0. The molecular weight excluding hydrogens is 830 g/mol. The van der Waals surface area contributed by atoms with Gasteiger partial charge in [0.05, 0.1) is 30.1 Å². The molecule has 18 heteroatoms. The van der Waals surface area contributed by atoms with Crippen molar-refractivity contribution >= 4 is 67.6 Å². The van der Waals surface area contributed by atoms with Gasteiger partial charge in [0.25, 0.3) is 5.91 Å². The van der Waals surface area contributed by atoms with Crippen LogP contribution in [0.2, 0.25) is 5.02 Å². The lowest BCUT2D eigenvalue weighted by molar-refractivity contribution is -0.141. The van der Waals surface area contributed by atoms with Gasteiger partial charge in [-0.3, -0.25) is 19.1 Å². The molecule has 322 valence electrons. The zero-order valence-electron chi connectivity index (χ0n) is 34.1. The van der Waals surface area contributed by atoms with Gasteiger partial charge in [-0.05, 0) is 77.3 Å². The first-order valence-corrected chi connectivity index (χ1v) is 23.9. The highest BCUT2D eigenvalue weighted by molar-refractivity contribution is 7.91. The van der Waals surface area contributed by atoms with E-state index >= 15 is 0 Å². The standard InChI is InChI=1S/C42H52ClN7O8S2/c1-4-49(5-2)41(54)46-29-12-10-8-6-7-9-11-25-21-42(25,40(53)48-60(55,56)27-15-16-27)47-37(51)32-19-26(22-50(32)39(29)52)58-34-20-30(38-45-31(23-59-38)24-13-14-24)44-36-28(34)17-18-33(57-3)35(36)43/h9,11,17-18,20,23-27,29,32H,4-8,10,12-16,19,21-22H2,1-3H3,(H,46,54)(H,47,51)(H,48,53). The van der Waals surface area contributed by atoms with Crippen LogP contribution in [0.4, 0.5) is 4.79 Å². The van der Waals surface area contributed by atoms with Crippen LogP contribution in [0.1, 0.15) is 96.1 Å². The van der Waals surface area contributed by atoms with Crippen molar-refractivity contribution in [2.24, 2.45) is 5.92 Å². The van der Waals surface area contributed by atoms with E-state index in [9.17, 15) is 27.6 Å². The van der Waals surface area contributed by atoms with Crippen molar-refractivity contribution < 1.29 is 37.1 Å². The molecule has 5 amide bonds. The van der Waals surface area contributed by atoms with E-state index in [1.807, 2.05) is 31.4 Å². The molecule has 3 aromatic rings. The van der Waals surface area contributed by atoms with Crippen LogP contribution in [0.25, 0.3) is 21.6 Å². The third-order valence-corrected chi connectivity index (χ3v) is 15.4. The van der Waals surface area contributed by atoms with Crippen molar-refractivity contribution in [1.29, 1.82) is 0 Å². The number of methoxy groups -OCH3 is 1. The van der Waals surface area contributed by atoms with Crippen molar-refractivity contribution in [3.8, 4) is 22.2 Å². The van der Waals surface area contributed by atoms with Gasteiger partial charge >= 0.3 is 6.03 Å². The van der Waals surface area contributed by atoms with Crippen LogP contribution in [0.5, 0.6) is 11.5 Å². The number of pyridine rings is 1. The van der Waals surface area contributed by atoms with Gasteiger partial charge in [-0.25, -0.2) is 23.2 Å². The predicted octanol–water partition coefficient (Wildman–Crippen LogP) is 5.67. The second kappa shape index (κ2) is 17.1. The monoisotopic (exact) mass is 881 g/mol. The van der Waals surface area contributed by atoms with Crippen molar-refractivity contribution in [2.75, 3.05) is 26.7 Å². The van der Waals surface area contributed by atoms with Gasteiger partial charge < -0.3 is 29.9 Å². The summed E-state index contributed by atoms with van der Waals surface area (Å²) in [4.78, 5) is 69.5. The number of ether oxygens (including phenoxy) is 2. The predicted molar refractivity (Wildman–Crippen MR) is 227 cm³/mol. The minimum atomic E-state index is -3.91. The van der Waals surface area contributed by atoms with Gasteiger partial charge in [-0.2, -0.15) is 0 Å². The molecule has 60 heavy (non-hydrogen) atoms. The van der Waals surface area contributed by atoms with Crippen molar-refractivity contribution in [3.63, 3.8) is 0 Å². The number of nitrogens with zero attached hydrogens (tertiary/aromatic N) is 4. The Morgan fingerprint density at radius 1 is 1.07 bits per heavy atom. The van der Waals surface area contributed by atoms with Gasteiger partial charge in [-0.15, -0.1) is 11.3 Å². The van der Waals surface area contributed by atoms with Crippen LogP contribution >= 0.6 is 22.9 Å². The zero-order chi connectivity index (χ0) is 42.3. The third kappa shape index (κ3) is 8.67. The Hall–Kier alpha value is -4.48. The first-order chi connectivity index (χ1) is 28.8. The van der Waals surface area contributed by atoms with Crippen molar-refractivity contribution in [2.45, 2.75) is 119 Å². The van der Waals surface area contributed by atoms with Crippen molar-refractivity contribution in [3.05, 3.63) is 46.4 Å². The molecule has 3 N–H and O–H groups in total. The van der Waals surface area contributed by atoms with Gasteiger partial charge in [0.15, 0.2) is 0 Å². The number of carbonyl (C=O) groups excluding carboxylic acids is 4. The molecule has 2 aromatic heterocycles. The molecule has 3 saturated carbocycles. The number of hydrogen-bond acceptors (Lipinski definition) is 11. The summed E-state index contributed by atoms with van der Waals surface area (Å²) in [7, 11) is -2.39. The summed E-state index contributed by atoms with van der Waals surface area (Å²) in [5.41, 5.74) is 0.494. The summed E-state index contributed by atoms with van der Waals surface area (Å²) < 4.78 is 40.5. The Kier molecular flexibility index (Phi) is 12.0. The summed E-state index contributed by atoms with van der Waals surface area (Å²) in [6, 6.07) is 2.88. The molecule has 0 radical (unpaired) electrons. The molecule has 1 saturated heterocycles. The molecule has 15 nitrogen and oxygen atoms in total. The van der Waals surface area contributed by atoms with Crippen LogP contribution in [0, 0.1) is 5.92 Å². The molecule has 0 spiro atoms. The van der Waals surface area contributed by atoms with Crippen molar-refractivity contribution in [1.82, 2.24) is 35.1 Å². The highest BCUT2D eigenvalue weighted by atomic mass is 35.5. The number of benzene rings is 1. The minimum absolute atomic E-state index is 0.0146. The smallest absolute Gasteiger partial charge is 0.318 e. The first kappa shape index (κ1) is 42.2. The number of hydrogen-bond donors (Lipinski definition) is 3. The Balaban J connectivity index is 1.14. The Morgan fingerprint density at radius 3 is 2.57 bits per heavy atom. The van der Waals surface area contributed by atoms with E-state index in [1.54, 1.807) is 23.1 Å². The molecular formula is C42H52ClN7O8S2. The van der Waals surface area contributed by atoms with Crippen LogP contribution in [-0.4, -0.2) is 108 Å². The highest BCUT2D eigenvalue weighted by Gasteiger charge is 2.62. The van der Waals surface area contributed by atoms with E-state index in [1.165, 1.54) is 23.3 Å². The maximum atomic E-state index is 14.8. The molecule has 1 aromatic carbocycles. The molecule has 5 atom stereocenters. The fourth-order valence-corrected chi connectivity index (χ4v) is 10.8. The fraction of sp³-hybridized carbons (Fsp3) is 0.571. The number of amides is 5. The molecule has 8 rings (SSSR count). The number of rotatable bonds is 11. The summed E-state index contributed by atoms with van der Waals surface area (Å²) >= 11 is 8.34. The largest absolute Gasteiger partial charge is 0.495 e. The molecule has 3 aliphatic carbocycles. The second-order valence-electron chi connectivity index (χ2n) is 16.5. The van der Waals surface area contributed by atoms with Crippen LogP contribution in [0.15, 0.2) is 35.7 Å². The summed E-state index contributed by atoms with van der Waals surface area (Å²) in [6.45, 7) is 4.61. The Labute approximate surface area is 359 Å². The van der Waals surface area contributed by atoms with E-state index in [0.29, 0.717) is 89.2 Å². The maximum Gasteiger partial charge on any atom is 0.318 e. The summed E-state index contributed by atoms with van der Waals surface area (Å²) in [6.07, 6.45) is 9.79. The number of carbonyl (C=O) groups is 4. The van der Waals surface area contributed by atoms with E-state index in [4.69, 9.17) is 31.0 Å². The van der Waals surface area contributed by atoms with Crippen LogP contribution in [-0.2, 0) is 24.4 Å². The number of aromatic nitrogens is 2. The molecule has 5 aliphatic rings. The third-order valence-electron chi connectivity index (χ3n) is 12.3. The van der Waals surface area contributed by atoms with E-state index in [2.05, 4.69) is 15.4 Å². The quantitative estimate of drug-likeness (QED) is 0.203. The van der Waals surface area contributed by atoms with Gasteiger partial charge in [0.1, 0.15) is 50.9 Å². The number of nitrogens with one attached hydrogen (secondary N) is 3. The van der Waals surface area contributed by atoms with Gasteiger partial charge in [-0.1, -0.05) is 36.6 Å². The number of allylic oxidation sites excluding steroid dienone is 1. The van der Waals surface area contributed by atoms with Crippen LogP contribution in [0.3, 0.4) is 0 Å². The van der Waals surface area contributed by atoms with Gasteiger partial charge in [0, 0.05) is 48.2 Å². The molecule has 5 unspecified atom stereocenters. The number of sulfonamides is 1. The average molecular weight is 883 g/mol. The normalized spacial score (nSPS) is 26.0. The SMILES string of the molecule is CCN(CC)C(=O)NC1CCCCCC=CC2CC2(C(=O)NS(=O)(=O)C2CC2)NC(=O)C2CC(Oc3cc(-c4nc(C5CC5)cs4)nc4c(Cl)c(OC)ccc34)CN2C1=O. The lowest BCUT2D eigenvalue weighted by Crippen LogP contribution is -2.59. The Morgan fingerprint density at radius 2 is 1.85 bits per heavy atom. The molecule has 0 bridgehead atoms. The zero-order valence-corrected chi connectivity index (χ0v) is 36.5. The Bertz CT molecular complexity index is 2310. The lowest BCUT2D eigenvalue weighted by Gasteiger charge is -2.31. The minimum Gasteiger partial charge on any atom is -0.495 e. The van der Waals surface area contributed by atoms with E-state index in [-0.39, 0.29) is 25.4 Å². The average Bonchev–Trinajstić information content (AvgIpc) is 4.18. The molecule has 2 aliphatic heterocycles. The summed E-state index contributed by atoms with van der Waals surface area (Å²) in [5, 5.41) is 8.87. The second-order valence-corrected chi connectivity index (χ2v) is 19.7. The maximum absolute atomic E-state index is 14.8. The van der Waals surface area contributed by atoms with E-state index in [0.717, 1.165) is 31.4 Å². The number of thiazole rings is 1. The van der Waals surface area contributed by atoms with Crippen LogP contribution < -0.4 is 24.8 Å². The highest BCUT2D eigenvalue weighted by Crippen LogP contribution is 2.47. The molecule has 4 heterocycles. The fourth-order valence-electron chi connectivity index (χ4n) is 8.32. The molecule has 4 fully saturated rings.